The van der Waals surface area contributed by atoms with Crippen molar-refractivity contribution in [1.82, 2.24) is 4.90 Å². The monoisotopic (exact) mass is 363 g/mol. The maximum Gasteiger partial charge on any atom is 0.255 e. The van der Waals surface area contributed by atoms with E-state index in [2.05, 4.69) is 5.32 Å². The van der Waals surface area contributed by atoms with E-state index in [1.54, 1.807) is 18.2 Å². The van der Waals surface area contributed by atoms with Crippen molar-refractivity contribution in [2.45, 2.75) is 56.9 Å². The molecule has 0 atom stereocenters. The van der Waals surface area contributed by atoms with Gasteiger partial charge in [0.2, 0.25) is 5.91 Å². The number of halogens is 1. The molecule has 136 valence electrons. The number of rotatable bonds is 3. The summed E-state index contributed by atoms with van der Waals surface area (Å²) in [6.45, 7) is 1.56. The van der Waals surface area contributed by atoms with Crippen molar-refractivity contribution in [3.8, 4) is 0 Å². The third-order valence-electron chi connectivity index (χ3n) is 5.30. The van der Waals surface area contributed by atoms with E-state index in [1.807, 2.05) is 4.90 Å². The molecule has 1 aromatic carbocycles. The highest BCUT2D eigenvalue weighted by Crippen LogP contribution is 2.28. The summed E-state index contributed by atoms with van der Waals surface area (Å²) in [4.78, 5) is 26.9. The molecule has 1 heterocycles. The molecule has 1 saturated carbocycles. The summed E-state index contributed by atoms with van der Waals surface area (Å²) in [6, 6.07) is 5.06. The van der Waals surface area contributed by atoms with Crippen LogP contribution in [0, 0.1) is 0 Å². The summed E-state index contributed by atoms with van der Waals surface area (Å²) in [5.41, 5.74) is 6.53. The van der Waals surface area contributed by atoms with Gasteiger partial charge in [-0.25, -0.2) is 0 Å². The quantitative estimate of drug-likeness (QED) is 0.862. The number of anilines is 1. The SMILES string of the molecule is NC1(C(=O)Nc2ccc(C(=O)N3CCCCC3)c(Cl)c2)CCCCC1. The number of nitrogens with zero attached hydrogens (tertiary/aromatic N) is 1. The van der Waals surface area contributed by atoms with E-state index >= 15 is 0 Å². The van der Waals surface area contributed by atoms with E-state index in [0.29, 0.717) is 29.1 Å². The molecule has 6 heteroatoms. The molecule has 0 bridgehead atoms. The standard InChI is InChI=1S/C19H26ClN3O2/c20-16-13-14(22-18(25)19(21)9-3-1-4-10-19)7-8-15(16)17(24)23-11-5-2-6-12-23/h7-8,13H,1-6,9-12,21H2,(H,22,25). The Kier molecular flexibility index (Phi) is 5.64. The number of carbonyl (C=O) groups excluding carboxylic acids is 2. The number of hydrogen-bond acceptors (Lipinski definition) is 3. The molecule has 3 rings (SSSR count). The van der Waals surface area contributed by atoms with Gasteiger partial charge >= 0.3 is 0 Å². The molecule has 2 fully saturated rings. The van der Waals surface area contributed by atoms with Gasteiger partial charge in [-0.1, -0.05) is 30.9 Å². The van der Waals surface area contributed by atoms with Crippen LogP contribution in [0.2, 0.25) is 5.02 Å². The average molecular weight is 364 g/mol. The topological polar surface area (TPSA) is 75.4 Å². The summed E-state index contributed by atoms with van der Waals surface area (Å²) in [5, 5.41) is 3.23. The van der Waals surface area contributed by atoms with Crippen LogP contribution in [-0.4, -0.2) is 35.3 Å². The fourth-order valence-electron chi connectivity index (χ4n) is 3.70. The van der Waals surface area contributed by atoms with Crippen LogP contribution in [0.15, 0.2) is 18.2 Å². The Morgan fingerprint density at radius 3 is 2.32 bits per heavy atom. The molecule has 3 N–H and O–H groups in total. The van der Waals surface area contributed by atoms with Gasteiger partial charge in [0.1, 0.15) is 0 Å². The van der Waals surface area contributed by atoms with Gasteiger partial charge in [0.25, 0.3) is 5.91 Å². The highest BCUT2D eigenvalue weighted by Gasteiger charge is 2.35. The molecule has 0 radical (unpaired) electrons. The van der Waals surface area contributed by atoms with Gasteiger partial charge in [-0.15, -0.1) is 0 Å². The van der Waals surface area contributed by atoms with E-state index < -0.39 is 5.54 Å². The first-order valence-corrected chi connectivity index (χ1v) is 9.57. The van der Waals surface area contributed by atoms with E-state index in [-0.39, 0.29) is 11.8 Å². The van der Waals surface area contributed by atoms with Gasteiger partial charge in [0.15, 0.2) is 0 Å². The third kappa shape index (κ3) is 4.15. The number of nitrogens with two attached hydrogens (primary N) is 1. The molecule has 1 aliphatic heterocycles. The molecular formula is C19H26ClN3O2. The number of amides is 2. The van der Waals surface area contributed by atoms with Crippen LogP contribution in [0.1, 0.15) is 61.7 Å². The molecule has 0 spiro atoms. The first-order valence-electron chi connectivity index (χ1n) is 9.19. The molecule has 0 unspecified atom stereocenters. The van der Waals surface area contributed by atoms with Crippen molar-refractivity contribution in [3.63, 3.8) is 0 Å². The number of benzene rings is 1. The van der Waals surface area contributed by atoms with Crippen LogP contribution in [0.5, 0.6) is 0 Å². The van der Waals surface area contributed by atoms with Crippen molar-refractivity contribution < 1.29 is 9.59 Å². The first-order chi connectivity index (χ1) is 12.0. The largest absolute Gasteiger partial charge is 0.339 e. The van der Waals surface area contributed by atoms with Crippen molar-refractivity contribution >= 4 is 29.1 Å². The second-order valence-electron chi connectivity index (χ2n) is 7.22. The van der Waals surface area contributed by atoms with Crippen molar-refractivity contribution in [2.75, 3.05) is 18.4 Å². The summed E-state index contributed by atoms with van der Waals surface area (Å²) < 4.78 is 0. The lowest BCUT2D eigenvalue weighted by atomic mass is 9.82. The number of piperidine rings is 1. The maximum absolute atomic E-state index is 12.6. The predicted octanol–water partition coefficient (Wildman–Crippen LogP) is 3.57. The summed E-state index contributed by atoms with van der Waals surface area (Å²) in [6.07, 6.45) is 7.75. The highest BCUT2D eigenvalue weighted by molar-refractivity contribution is 6.34. The Morgan fingerprint density at radius 1 is 1.04 bits per heavy atom. The zero-order valence-electron chi connectivity index (χ0n) is 14.5. The molecule has 5 nitrogen and oxygen atoms in total. The zero-order chi connectivity index (χ0) is 17.9. The van der Waals surface area contributed by atoms with Crippen LogP contribution >= 0.6 is 11.6 Å². The van der Waals surface area contributed by atoms with E-state index in [1.165, 1.54) is 6.42 Å². The molecule has 25 heavy (non-hydrogen) atoms. The van der Waals surface area contributed by atoms with Crippen molar-refractivity contribution in [2.24, 2.45) is 5.73 Å². The Balaban J connectivity index is 1.69. The Labute approximate surface area is 153 Å². The second-order valence-corrected chi connectivity index (χ2v) is 7.63. The molecule has 2 aliphatic rings. The van der Waals surface area contributed by atoms with E-state index in [9.17, 15) is 9.59 Å². The molecule has 0 aromatic heterocycles. The van der Waals surface area contributed by atoms with Gasteiger partial charge in [-0.05, 0) is 50.3 Å². The Morgan fingerprint density at radius 2 is 1.68 bits per heavy atom. The summed E-state index contributed by atoms with van der Waals surface area (Å²) in [7, 11) is 0. The Hall–Kier alpha value is -1.59. The van der Waals surface area contributed by atoms with Crippen LogP contribution in [0.25, 0.3) is 0 Å². The van der Waals surface area contributed by atoms with E-state index in [4.69, 9.17) is 17.3 Å². The molecule has 1 aromatic rings. The first kappa shape index (κ1) is 18.2. The van der Waals surface area contributed by atoms with Crippen LogP contribution in [0.3, 0.4) is 0 Å². The summed E-state index contributed by atoms with van der Waals surface area (Å²) >= 11 is 6.32. The minimum absolute atomic E-state index is 0.0369. The number of nitrogens with one attached hydrogen (secondary N) is 1. The van der Waals surface area contributed by atoms with Crippen molar-refractivity contribution in [1.29, 1.82) is 0 Å². The van der Waals surface area contributed by atoms with Crippen molar-refractivity contribution in [3.05, 3.63) is 28.8 Å². The normalized spacial score (nSPS) is 20.2. The maximum atomic E-state index is 12.6. The minimum Gasteiger partial charge on any atom is -0.339 e. The summed E-state index contributed by atoms with van der Waals surface area (Å²) in [5.74, 6) is -0.205. The van der Waals surface area contributed by atoms with Gasteiger partial charge < -0.3 is 16.0 Å². The van der Waals surface area contributed by atoms with Gasteiger partial charge in [-0.2, -0.15) is 0 Å². The smallest absolute Gasteiger partial charge is 0.255 e. The average Bonchev–Trinajstić information content (AvgIpc) is 2.63. The number of likely N-dealkylation sites (tertiary alicyclic amines) is 1. The highest BCUT2D eigenvalue weighted by atomic mass is 35.5. The lowest BCUT2D eigenvalue weighted by Gasteiger charge is -2.31. The lowest BCUT2D eigenvalue weighted by Crippen LogP contribution is -2.52. The van der Waals surface area contributed by atoms with Crippen LogP contribution in [0.4, 0.5) is 5.69 Å². The fraction of sp³-hybridized carbons (Fsp3) is 0.579. The lowest BCUT2D eigenvalue weighted by molar-refractivity contribution is -0.122. The predicted molar refractivity (Wildman–Crippen MR) is 99.8 cm³/mol. The minimum atomic E-state index is -0.799. The fourth-order valence-corrected chi connectivity index (χ4v) is 3.96. The zero-order valence-corrected chi connectivity index (χ0v) is 15.3. The van der Waals surface area contributed by atoms with Crippen LogP contribution in [-0.2, 0) is 4.79 Å². The van der Waals surface area contributed by atoms with Crippen LogP contribution < -0.4 is 11.1 Å². The van der Waals surface area contributed by atoms with Gasteiger partial charge in [-0.3, -0.25) is 9.59 Å². The van der Waals surface area contributed by atoms with Gasteiger partial charge in [0, 0.05) is 18.8 Å². The molecule has 2 amide bonds. The second kappa shape index (κ2) is 7.75. The number of carbonyl (C=O) groups is 2. The molecular weight excluding hydrogens is 338 g/mol. The third-order valence-corrected chi connectivity index (χ3v) is 5.61. The Bertz CT molecular complexity index is 650. The molecule has 1 saturated heterocycles. The van der Waals surface area contributed by atoms with Gasteiger partial charge in [0.05, 0.1) is 16.1 Å². The molecule has 1 aliphatic carbocycles. The number of hydrogen-bond donors (Lipinski definition) is 2. The van der Waals surface area contributed by atoms with E-state index in [0.717, 1.165) is 45.2 Å².